The molecule has 1 amide bonds. The summed E-state index contributed by atoms with van der Waals surface area (Å²) in [5.41, 5.74) is 4.48. The first-order valence-corrected chi connectivity index (χ1v) is 17.6. The zero-order chi connectivity index (χ0) is 29.8. The zero-order valence-electron chi connectivity index (χ0n) is 24.6. The molecule has 6 aliphatic rings. The Morgan fingerprint density at radius 3 is 2.26 bits per heavy atom. The summed E-state index contributed by atoms with van der Waals surface area (Å²) < 4.78 is 28.5. The molecule has 43 heavy (non-hydrogen) atoms. The summed E-state index contributed by atoms with van der Waals surface area (Å²) in [6.07, 6.45) is 15.8. The maximum atomic E-state index is 13.2. The molecule has 4 bridgehead atoms. The van der Waals surface area contributed by atoms with Gasteiger partial charge in [-0.25, -0.2) is 13.1 Å². The minimum absolute atomic E-state index is 0.170. The summed E-state index contributed by atoms with van der Waals surface area (Å²) in [6.45, 7) is 0.662. The van der Waals surface area contributed by atoms with E-state index < -0.39 is 20.9 Å². The van der Waals surface area contributed by atoms with E-state index in [-0.39, 0.29) is 21.6 Å². The first kappa shape index (κ1) is 28.6. The second-order valence-corrected chi connectivity index (χ2v) is 15.7. The van der Waals surface area contributed by atoms with Crippen LogP contribution in [0.4, 0.5) is 11.4 Å². The van der Waals surface area contributed by atoms with E-state index in [1.165, 1.54) is 88.3 Å². The second kappa shape index (κ2) is 11.1. The molecular weight excluding hydrogens is 562 g/mol. The number of rotatable bonds is 8. The average molecular weight is 604 g/mol. The first-order valence-electron chi connectivity index (χ1n) is 16.1. The van der Waals surface area contributed by atoms with Crippen LogP contribution in [0.15, 0.2) is 52.9 Å². The van der Waals surface area contributed by atoms with Gasteiger partial charge in [0.1, 0.15) is 5.69 Å². The van der Waals surface area contributed by atoms with Crippen LogP contribution in [0.1, 0.15) is 99.4 Å². The monoisotopic (exact) mass is 603 g/mol. The van der Waals surface area contributed by atoms with Crippen molar-refractivity contribution in [2.75, 3.05) is 11.9 Å². The lowest BCUT2D eigenvalue weighted by Crippen LogP contribution is -2.49. The molecule has 0 aromatic heterocycles. The van der Waals surface area contributed by atoms with Crippen LogP contribution in [0.2, 0.25) is 0 Å². The Morgan fingerprint density at radius 1 is 0.907 bits per heavy atom. The number of carbonyl (C=O) groups is 1. The van der Waals surface area contributed by atoms with Crippen LogP contribution in [0.3, 0.4) is 0 Å². The third kappa shape index (κ3) is 5.61. The molecule has 9 heteroatoms. The molecule has 0 saturated heterocycles. The van der Waals surface area contributed by atoms with Crippen molar-refractivity contribution >= 4 is 32.9 Å². The van der Waals surface area contributed by atoms with Gasteiger partial charge in [0.2, 0.25) is 0 Å². The number of hydrogen-bond donors (Lipinski definition) is 2. The number of sulfonamides is 1. The summed E-state index contributed by atoms with van der Waals surface area (Å²) in [6, 6.07) is 11.0. The molecule has 0 aliphatic heterocycles. The van der Waals surface area contributed by atoms with E-state index >= 15 is 0 Å². The quantitative estimate of drug-likeness (QED) is 0.239. The van der Waals surface area contributed by atoms with Crippen molar-refractivity contribution < 1.29 is 18.1 Å². The van der Waals surface area contributed by atoms with Gasteiger partial charge in [0.25, 0.3) is 21.6 Å². The van der Waals surface area contributed by atoms with E-state index in [1.807, 2.05) is 12.1 Å². The van der Waals surface area contributed by atoms with Crippen molar-refractivity contribution in [1.82, 2.24) is 4.72 Å². The second-order valence-electron chi connectivity index (χ2n) is 14.1. The molecule has 2 N–H and O–H groups in total. The zero-order valence-corrected chi connectivity index (χ0v) is 25.5. The van der Waals surface area contributed by atoms with Gasteiger partial charge in [0.15, 0.2) is 0 Å². The SMILES string of the molecule is O=C(NS(=O)(=O)c1ccc(NCC23CC4CC(CC(C4)C2)C3)c([N+](=O)[O-])c1)c1ccc(C2=C3CCCCC3CCC2)cc1. The minimum Gasteiger partial charge on any atom is -0.379 e. The highest BCUT2D eigenvalue weighted by Gasteiger charge is 2.50. The largest absolute Gasteiger partial charge is 0.379 e. The summed E-state index contributed by atoms with van der Waals surface area (Å²) >= 11 is 0. The molecule has 1 unspecified atom stereocenters. The lowest BCUT2D eigenvalue weighted by molar-refractivity contribution is -0.384. The highest BCUT2D eigenvalue weighted by Crippen LogP contribution is 2.60. The molecule has 8 rings (SSSR count). The predicted octanol–water partition coefficient (Wildman–Crippen LogP) is 7.47. The van der Waals surface area contributed by atoms with Gasteiger partial charge in [-0.15, -0.1) is 0 Å². The highest BCUT2D eigenvalue weighted by molar-refractivity contribution is 7.90. The van der Waals surface area contributed by atoms with Gasteiger partial charge >= 0.3 is 0 Å². The molecule has 1 atom stereocenters. The predicted molar refractivity (Wildman–Crippen MR) is 166 cm³/mol. The Balaban J connectivity index is 1.05. The molecule has 2 aromatic rings. The van der Waals surface area contributed by atoms with Crippen LogP contribution >= 0.6 is 0 Å². The molecule has 228 valence electrons. The van der Waals surface area contributed by atoms with Crippen molar-refractivity contribution in [3.63, 3.8) is 0 Å². The standard InChI is InChI=1S/C34H41N3O5S/c38-33(27-10-8-26(9-11-27)30-7-3-5-25-4-1-2-6-29(25)30)36-43(41,42)28-12-13-31(32(17-28)37(39)40)35-21-34-18-22-14-23(19-34)16-24(15-22)20-34/h8-13,17,22-25,35H,1-7,14-16,18-21H2,(H,36,38). The minimum atomic E-state index is -4.32. The Morgan fingerprint density at radius 2 is 1.58 bits per heavy atom. The van der Waals surface area contributed by atoms with Crippen LogP contribution < -0.4 is 10.0 Å². The van der Waals surface area contributed by atoms with Gasteiger partial charge in [-0.1, -0.05) is 24.1 Å². The van der Waals surface area contributed by atoms with Gasteiger partial charge in [0, 0.05) is 18.2 Å². The summed E-state index contributed by atoms with van der Waals surface area (Å²) in [5, 5.41) is 15.3. The number of nitrogens with one attached hydrogen (secondary N) is 2. The number of amides is 1. The van der Waals surface area contributed by atoms with E-state index in [0.29, 0.717) is 18.2 Å². The highest BCUT2D eigenvalue weighted by atomic mass is 32.2. The average Bonchev–Trinajstić information content (AvgIpc) is 2.99. The number of carbonyl (C=O) groups excluding carboxylic acids is 1. The van der Waals surface area contributed by atoms with Crippen molar-refractivity contribution in [2.45, 2.75) is 88.4 Å². The number of nitro benzene ring substituents is 1. The van der Waals surface area contributed by atoms with Crippen molar-refractivity contribution in [2.24, 2.45) is 29.1 Å². The van der Waals surface area contributed by atoms with Crippen LogP contribution in [0, 0.1) is 39.2 Å². The summed E-state index contributed by atoms with van der Waals surface area (Å²) in [5.74, 6) is 2.22. The maximum absolute atomic E-state index is 13.2. The smallest absolute Gasteiger partial charge is 0.293 e. The maximum Gasteiger partial charge on any atom is 0.293 e. The van der Waals surface area contributed by atoms with Gasteiger partial charge in [-0.3, -0.25) is 14.9 Å². The molecule has 5 fully saturated rings. The molecule has 8 nitrogen and oxygen atoms in total. The number of hydrogen-bond acceptors (Lipinski definition) is 6. The van der Waals surface area contributed by atoms with Crippen LogP contribution in [0.5, 0.6) is 0 Å². The third-order valence-corrected chi connectivity index (χ3v) is 12.5. The lowest BCUT2D eigenvalue weighted by atomic mass is 9.49. The number of anilines is 1. The van der Waals surface area contributed by atoms with Crippen LogP contribution in [0.25, 0.3) is 5.57 Å². The molecule has 2 aromatic carbocycles. The van der Waals surface area contributed by atoms with Gasteiger partial charge in [0.05, 0.1) is 9.82 Å². The molecule has 0 heterocycles. The summed E-state index contributed by atoms with van der Waals surface area (Å²) in [7, 11) is -4.32. The van der Waals surface area contributed by atoms with Crippen molar-refractivity contribution in [3.05, 3.63) is 69.3 Å². The Kier molecular flexibility index (Phi) is 7.35. The van der Waals surface area contributed by atoms with Gasteiger partial charge in [-0.2, -0.15) is 0 Å². The van der Waals surface area contributed by atoms with Crippen molar-refractivity contribution in [1.29, 1.82) is 0 Å². The number of nitrogens with zero attached hydrogens (tertiary/aromatic N) is 1. The van der Waals surface area contributed by atoms with E-state index in [2.05, 4.69) is 10.0 Å². The normalized spacial score (nSPS) is 29.7. The van der Waals surface area contributed by atoms with Gasteiger partial charge in [-0.05, 0) is 142 Å². The number of benzene rings is 2. The van der Waals surface area contributed by atoms with Crippen LogP contribution in [-0.2, 0) is 10.0 Å². The number of nitro groups is 1. The summed E-state index contributed by atoms with van der Waals surface area (Å²) in [4.78, 5) is 24.1. The fraction of sp³-hybridized carbons (Fsp3) is 0.559. The van der Waals surface area contributed by atoms with E-state index in [9.17, 15) is 23.3 Å². The van der Waals surface area contributed by atoms with E-state index in [4.69, 9.17) is 0 Å². The van der Waals surface area contributed by atoms with E-state index in [0.717, 1.165) is 42.2 Å². The lowest BCUT2D eigenvalue weighted by Gasteiger charge is -2.57. The Bertz CT molecular complexity index is 1540. The molecule has 6 aliphatic carbocycles. The number of fused-ring (bicyclic) bond motifs is 1. The fourth-order valence-electron chi connectivity index (χ4n) is 9.65. The fourth-order valence-corrected chi connectivity index (χ4v) is 10.6. The Hall–Kier alpha value is -3.20. The van der Waals surface area contributed by atoms with Gasteiger partial charge < -0.3 is 5.32 Å². The molecule has 5 saturated carbocycles. The van der Waals surface area contributed by atoms with Crippen LogP contribution in [-0.4, -0.2) is 25.8 Å². The Labute approximate surface area is 253 Å². The molecular formula is C34H41N3O5S. The van der Waals surface area contributed by atoms with Crippen molar-refractivity contribution in [3.8, 4) is 0 Å². The third-order valence-electron chi connectivity index (χ3n) is 11.1. The number of allylic oxidation sites excluding steroid dienone is 2. The molecule has 0 spiro atoms. The first-order chi connectivity index (χ1) is 20.7. The topological polar surface area (TPSA) is 118 Å². The molecule has 0 radical (unpaired) electrons. The van der Waals surface area contributed by atoms with E-state index in [1.54, 1.807) is 17.7 Å².